The SMILES string of the molecule is C/C(=C\CO)CC[C@H]1O[C@@H](C(C)(C)O)CC[C@@]1(C)O. The molecule has 0 spiro atoms. The molecule has 1 rings (SSSR count). The molecule has 0 bridgehead atoms. The third kappa shape index (κ3) is 4.88. The molecule has 1 heterocycles. The van der Waals surface area contributed by atoms with Crippen molar-refractivity contribution in [3.8, 4) is 0 Å². The van der Waals surface area contributed by atoms with Crippen molar-refractivity contribution in [2.24, 2.45) is 0 Å². The molecule has 0 amide bonds. The molecule has 112 valence electrons. The quantitative estimate of drug-likeness (QED) is 0.667. The molecule has 4 heteroatoms. The number of rotatable bonds is 5. The Labute approximate surface area is 116 Å². The maximum atomic E-state index is 10.4. The molecule has 0 aliphatic carbocycles. The smallest absolute Gasteiger partial charge is 0.0881 e. The maximum Gasteiger partial charge on any atom is 0.0881 e. The molecule has 1 fully saturated rings. The first-order valence-electron chi connectivity index (χ1n) is 7.03. The minimum absolute atomic E-state index is 0.0417. The van der Waals surface area contributed by atoms with Crippen LogP contribution in [-0.4, -0.2) is 45.3 Å². The number of hydrogen-bond donors (Lipinski definition) is 3. The van der Waals surface area contributed by atoms with E-state index < -0.39 is 11.2 Å². The zero-order valence-electron chi connectivity index (χ0n) is 12.5. The number of aliphatic hydroxyl groups excluding tert-OH is 1. The lowest BCUT2D eigenvalue weighted by atomic mass is 9.82. The number of aliphatic hydroxyl groups is 3. The van der Waals surface area contributed by atoms with Crippen molar-refractivity contribution in [1.29, 1.82) is 0 Å². The van der Waals surface area contributed by atoms with Crippen LogP contribution >= 0.6 is 0 Å². The van der Waals surface area contributed by atoms with Crippen molar-refractivity contribution >= 4 is 0 Å². The van der Waals surface area contributed by atoms with Gasteiger partial charge in [0.1, 0.15) is 0 Å². The second kappa shape index (κ2) is 6.35. The van der Waals surface area contributed by atoms with Crippen molar-refractivity contribution in [2.45, 2.75) is 76.8 Å². The molecule has 0 aromatic carbocycles. The first-order valence-corrected chi connectivity index (χ1v) is 7.03. The van der Waals surface area contributed by atoms with Crippen LogP contribution in [0.4, 0.5) is 0 Å². The van der Waals surface area contributed by atoms with Crippen LogP contribution in [0.3, 0.4) is 0 Å². The Morgan fingerprint density at radius 2 is 2.11 bits per heavy atom. The average Bonchev–Trinajstić information content (AvgIpc) is 2.25. The summed E-state index contributed by atoms with van der Waals surface area (Å²) in [6, 6.07) is 0. The predicted molar refractivity (Wildman–Crippen MR) is 74.9 cm³/mol. The summed E-state index contributed by atoms with van der Waals surface area (Å²) in [6.45, 7) is 7.28. The summed E-state index contributed by atoms with van der Waals surface area (Å²) in [5.74, 6) is 0. The summed E-state index contributed by atoms with van der Waals surface area (Å²) in [7, 11) is 0. The third-order valence-electron chi connectivity index (χ3n) is 3.96. The van der Waals surface area contributed by atoms with Crippen molar-refractivity contribution in [2.75, 3.05) is 6.61 Å². The minimum atomic E-state index is -0.884. The van der Waals surface area contributed by atoms with E-state index in [1.807, 2.05) is 6.92 Å². The van der Waals surface area contributed by atoms with E-state index in [1.54, 1.807) is 26.8 Å². The summed E-state index contributed by atoms with van der Waals surface area (Å²) in [5.41, 5.74) is -0.640. The van der Waals surface area contributed by atoms with Crippen LogP contribution in [0.15, 0.2) is 11.6 Å². The minimum Gasteiger partial charge on any atom is -0.392 e. The lowest BCUT2D eigenvalue weighted by molar-refractivity contribution is -0.210. The first-order chi connectivity index (χ1) is 8.66. The molecule has 4 nitrogen and oxygen atoms in total. The number of ether oxygens (including phenoxy) is 1. The van der Waals surface area contributed by atoms with Gasteiger partial charge in [0.25, 0.3) is 0 Å². The zero-order chi connectivity index (χ0) is 14.7. The fourth-order valence-electron chi connectivity index (χ4n) is 2.51. The molecule has 3 N–H and O–H groups in total. The van der Waals surface area contributed by atoms with Crippen LogP contribution < -0.4 is 0 Å². The zero-order valence-corrected chi connectivity index (χ0v) is 12.5. The highest BCUT2D eigenvalue weighted by molar-refractivity contribution is 5.00. The van der Waals surface area contributed by atoms with Gasteiger partial charge in [-0.25, -0.2) is 0 Å². The van der Waals surface area contributed by atoms with Gasteiger partial charge in [0, 0.05) is 0 Å². The Bertz CT molecular complexity index is 315. The molecule has 3 atom stereocenters. The van der Waals surface area contributed by atoms with Crippen LogP contribution in [0.2, 0.25) is 0 Å². The van der Waals surface area contributed by atoms with Gasteiger partial charge < -0.3 is 20.1 Å². The van der Waals surface area contributed by atoms with Crippen molar-refractivity contribution in [1.82, 2.24) is 0 Å². The van der Waals surface area contributed by atoms with Crippen molar-refractivity contribution in [3.05, 3.63) is 11.6 Å². The number of allylic oxidation sites excluding steroid dienone is 1. The molecule has 1 aliphatic rings. The monoisotopic (exact) mass is 272 g/mol. The standard InChI is InChI=1S/C15H28O4/c1-11(8-10-16)5-6-13-15(4,18)9-7-12(19-13)14(2,3)17/h8,12-13,16-18H,5-7,9-10H2,1-4H3/b11-8+/t12-,13-,15-/m1/s1. The van der Waals surface area contributed by atoms with E-state index in [4.69, 9.17) is 9.84 Å². The lowest BCUT2D eigenvalue weighted by Crippen LogP contribution is -2.53. The van der Waals surface area contributed by atoms with Crippen LogP contribution in [0.5, 0.6) is 0 Å². The molecule has 0 radical (unpaired) electrons. The molecular formula is C15H28O4. The van der Waals surface area contributed by atoms with Gasteiger partial charge in [-0.15, -0.1) is 0 Å². The van der Waals surface area contributed by atoms with E-state index in [9.17, 15) is 10.2 Å². The van der Waals surface area contributed by atoms with Gasteiger partial charge in [0.15, 0.2) is 0 Å². The van der Waals surface area contributed by atoms with Crippen LogP contribution in [0, 0.1) is 0 Å². The molecular weight excluding hydrogens is 244 g/mol. The summed E-state index contributed by atoms with van der Waals surface area (Å²) < 4.78 is 5.90. The van der Waals surface area contributed by atoms with E-state index in [0.29, 0.717) is 19.3 Å². The van der Waals surface area contributed by atoms with Gasteiger partial charge in [0.05, 0.1) is 30.0 Å². The van der Waals surface area contributed by atoms with Gasteiger partial charge in [-0.3, -0.25) is 0 Å². The highest BCUT2D eigenvalue weighted by atomic mass is 16.5. The predicted octanol–water partition coefficient (Wildman–Crippen LogP) is 1.77. The van der Waals surface area contributed by atoms with Gasteiger partial charge in [0.2, 0.25) is 0 Å². The highest BCUT2D eigenvalue weighted by Crippen LogP contribution is 2.35. The maximum absolute atomic E-state index is 10.4. The fraction of sp³-hybridized carbons (Fsp3) is 0.867. The second-order valence-corrected chi connectivity index (χ2v) is 6.43. The second-order valence-electron chi connectivity index (χ2n) is 6.43. The number of hydrogen-bond acceptors (Lipinski definition) is 4. The normalized spacial score (nSPS) is 33.5. The van der Waals surface area contributed by atoms with Gasteiger partial charge in [-0.2, -0.15) is 0 Å². The Balaban J connectivity index is 2.64. The molecule has 0 aromatic heterocycles. The highest BCUT2D eigenvalue weighted by Gasteiger charge is 2.43. The Morgan fingerprint density at radius 1 is 1.47 bits per heavy atom. The fourth-order valence-corrected chi connectivity index (χ4v) is 2.51. The molecule has 1 saturated heterocycles. The van der Waals surface area contributed by atoms with E-state index in [2.05, 4.69) is 0 Å². The topological polar surface area (TPSA) is 69.9 Å². The summed E-state index contributed by atoms with van der Waals surface area (Å²) in [5, 5.41) is 29.3. The van der Waals surface area contributed by atoms with E-state index >= 15 is 0 Å². The van der Waals surface area contributed by atoms with Crippen LogP contribution in [0.25, 0.3) is 0 Å². The Kier molecular flexibility index (Phi) is 5.56. The average molecular weight is 272 g/mol. The molecule has 1 aliphatic heterocycles. The van der Waals surface area contributed by atoms with E-state index in [-0.39, 0.29) is 18.8 Å². The Morgan fingerprint density at radius 3 is 2.63 bits per heavy atom. The largest absolute Gasteiger partial charge is 0.392 e. The van der Waals surface area contributed by atoms with E-state index in [0.717, 1.165) is 12.0 Å². The van der Waals surface area contributed by atoms with Gasteiger partial charge in [-0.1, -0.05) is 11.6 Å². The van der Waals surface area contributed by atoms with Crippen molar-refractivity contribution < 1.29 is 20.1 Å². The Hall–Kier alpha value is -0.420. The molecule has 0 aromatic rings. The van der Waals surface area contributed by atoms with Gasteiger partial charge in [-0.05, 0) is 53.4 Å². The summed E-state index contributed by atoms with van der Waals surface area (Å²) in [4.78, 5) is 0. The first kappa shape index (κ1) is 16.6. The third-order valence-corrected chi connectivity index (χ3v) is 3.96. The van der Waals surface area contributed by atoms with Crippen molar-refractivity contribution in [3.63, 3.8) is 0 Å². The van der Waals surface area contributed by atoms with E-state index in [1.165, 1.54) is 0 Å². The summed E-state index contributed by atoms with van der Waals surface area (Å²) in [6.07, 6.45) is 4.03. The van der Waals surface area contributed by atoms with Crippen LogP contribution in [0.1, 0.15) is 53.4 Å². The molecule has 19 heavy (non-hydrogen) atoms. The lowest BCUT2D eigenvalue weighted by Gasteiger charge is -2.44. The molecule has 0 saturated carbocycles. The van der Waals surface area contributed by atoms with Crippen LogP contribution in [-0.2, 0) is 4.74 Å². The molecule has 0 unspecified atom stereocenters. The summed E-state index contributed by atoms with van der Waals surface area (Å²) >= 11 is 0. The van der Waals surface area contributed by atoms with Gasteiger partial charge >= 0.3 is 0 Å².